The van der Waals surface area contributed by atoms with Crippen LogP contribution in [0.25, 0.3) is 0 Å². The largest absolute Gasteiger partial charge is 0.378 e. The van der Waals surface area contributed by atoms with E-state index < -0.39 is 0 Å². The van der Waals surface area contributed by atoms with E-state index in [9.17, 15) is 4.79 Å². The Morgan fingerprint density at radius 1 is 1.27 bits per heavy atom. The van der Waals surface area contributed by atoms with E-state index in [2.05, 4.69) is 15.4 Å². The molecule has 0 fully saturated rings. The molecular weight excluding hydrogens is 278 g/mol. The Balaban J connectivity index is 2.12. The summed E-state index contributed by atoms with van der Waals surface area (Å²) in [6.07, 6.45) is 1.50. The maximum Gasteiger partial charge on any atom is 0.226 e. The lowest BCUT2D eigenvalue weighted by Gasteiger charge is -2.28. The molecule has 0 radical (unpaired) electrons. The third-order valence-corrected chi connectivity index (χ3v) is 3.90. The molecule has 2 aromatic rings. The summed E-state index contributed by atoms with van der Waals surface area (Å²) in [4.78, 5) is 18.4. The molecule has 0 saturated heterocycles. The fraction of sp³-hybridized carbons (Fsp3) is 0.312. The summed E-state index contributed by atoms with van der Waals surface area (Å²) in [5, 5.41) is 7.43. The number of allylic oxidation sites excluding steroid dienone is 2. The van der Waals surface area contributed by atoms with Crippen molar-refractivity contribution < 1.29 is 4.79 Å². The van der Waals surface area contributed by atoms with Crippen LogP contribution in [0.5, 0.6) is 0 Å². The molecule has 0 bridgehead atoms. The number of hydrogen-bond acceptors (Lipinski definition) is 5. The smallest absolute Gasteiger partial charge is 0.226 e. The number of carbonyl (C=O) groups is 1. The molecule has 1 aromatic carbocycles. The number of anilines is 2. The first-order chi connectivity index (χ1) is 10.5. The van der Waals surface area contributed by atoms with Gasteiger partial charge in [-0.2, -0.15) is 10.1 Å². The van der Waals surface area contributed by atoms with Gasteiger partial charge in [0.25, 0.3) is 0 Å². The van der Waals surface area contributed by atoms with Gasteiger partial charge in [0.05, 0.1) is 0 Å². The molecule has 6 heteroatoms. The molecular formula is C16H19N5O. The molecule has 2 heterocycles. The molecule has 1 aliphatic heterocycles. The lowest BCUT2D eigenvalue weighted by atomic mass is 9.93. The molecule has 114 valence electrons. The monoisotopic (exact) mass is 297 g/mol. The van der Waals surface area contributed by atoms with Gasteiger partial charge in [-0.3, -0.25) is 4.79 Å². The van der Waals surface area contributed by atoms with Gasteiger partial charge in [0, 0.05) is 31.1 Å². The summed E-state index contributed by atoms with van der Waals surface area (Å²) in [5.74, 6) is 0.692. The topological polar surface area (TPSA) is 63.1 Å². The number of Topliss-reactive ketones (excluding diaryl/α,β-unsaturated/α-hetero) is 1. The van der Waals surface area contributed by atoms with Crippen LogP contribution in [0.2, 0.25) is 0 Å². The van der Waals surface area contributed by atoms with Crippen LogP contribution in [-0.2, 0) is 4.79 Å². The van der Waals surface area contributed by atoms with E-state index in [1.54, 1.807) is 11.6 Å². The Hall–Kier alpha value is -2.63. The van der Waals surface area contributed by atoms with Gasteiger partial charge in [-0.15, -0.1) is 0 Å². The second kappa shape index (κ2) is 5.29. The summed E-state index contributed by atoms with van der Waals surface area (Å²) in [6.45, 7) is 3.49. The van der Waals surface area contributed by atoms with Crippen molar-refractivity contribution in [2.45, 2.75) is 19.9 Å². The molecule has 1 unspecified atom stereocenters. The van der Waals surface area contributed by atoms with Crippen LogP contribution < -0.4 is 10.2 Å². The van der Waals surface area contributed by atoms with E-state index in [-0.39, 0.29) is 11.8 Å². The third kappa shape index (κ3) is 2.26. The molecule has 0 aliphatic carbocycles. The van der Waals surface area contributed by atoms with Crippen LogP contribution in [0, 0.1) is 0 Å². The van der Waals surface area contributed by atoms with E-state index in [0.29, 0.717) is 5.95 Å². The van der Waals surface area contributed by atoms with Crippen LogP contribution >= 0.6 is 0 Å². The van der Waals surface area contributed by atoms with Gasteiger partial charge in [0.2, 0.25) is 5.95 Å². The highest BCUT2D eigenvalue weighted by Gasteiger charge is 2.31. The van der Waals surface area contributed by atoms with Gasteiger partial charge in [0.15, 0.2) is 5.78 Å². The minimum Gasteiger partial charge on any atom is -0.378 e. The Morgan fingerprint density at radius 3 is 2.55 bits per heavy atom. The standard InChI is InChI=1S/C16H19N5O/c1-10-14(11(2)22)15(21-16(19-10)17-9-18-21)12-5-7-13(8-6-12)20(3)4/h5-9,15H,1-4H3,(H,17,18,19). The lowest BCUT2D eigenvalue weighted by molar-refractivity contribution is -0.114. The second-order valence-corrected chi connectivity index (χ2v) is 5.64. The average molecular weight is 297 g/mol. The second-order valence-electron chi connectivity index (χ2n) is 5.64. The highest BCUT2D eigenvalue weighted by Crippen LogP contribution is 2.35. The molecule has 3 rings (SSSR count). The van der Waals surface area contributed by atoms with Gasteiger partial charge in [-0.05, 0) is 31.5 Å². The maximum absolute atomic E-state index is 12.1. The summed E-state index contributed by atoms with van der Waals surface area (Å²) < 4.78 is 1.76. The van der Waals surface area contributed by atoms with Crippen LogP contribution in [0.4, 0.5) is 11.6 Å². The van der Waals surface area contributed by atoms with Gasteiger partial charge >= 0.3 is 0 Å². The average Bonchev–Trinajstić information content (AvgIpc) is 2.93. The predicted octanol–water partition coefficient (Wildman–Crippen LogP) is 2.22. The van der Waals surface area contributed by atoms with Gasteiger partial charge < -0.3 is 10.2 Å². The van der Waals surface area contributed by atoms with E-state index in [1.807, 2.05) is 50.2 Å². The number of aromatic nitrogens is 3. The molecule has 0 spiro atoms. The molecule has 0 saturated carbocycles. The van der Waals surface area contributed by atoms with Crippen molar-refractivity contribution in [2.24, 2.45) is 0 Å². The molecule has 1 atom stereocenters. The number of ketones is 1. The number of rotatable bonds is 3. The third-order valence-electron chi connectivity index (χ3n) is 3.90. The van der Waals surface area contributed by atoms with E-state index in [0.717, 1.165) is 22.5 Å². The normalized spacial score (nSPS) is 17.0. The Bertz CT molecular complexity index is 742. The number of nitrogens with one attached hydrogen (secondary N) is 1. The van der Waals surface area contributed by atoms with Crippen molar-refractivity contribution >= 4 is 17.4 Å². The number of fused-ring (bicyclic) bond motifs is 1. The quantitative estimate of drug-likeness (QED) is 0.941. The van der Waals surface area contributed by atoms with Crippen molar-refractivity contribution in [3.8, 4) is 0 Å². The predicted molar refractivity (Wildman–Crippen MR) is 85.9 cm³/mol. The van der Waals surface area contributed by atoms with Crippen LogP contribution in [0.3, 0.4) is 0 Å². The van der Waals surface area contributed by atoms with Crippen LogP contribution in [0.1, 0.15) is 25.5 Å². The highest BCUT2D eigenvalue weighted by atomic mass is 16.1. The fourth-order valence-corrected chi connectivity index (χ4v) is 2.81. The highest BCUT2D eigenvalue weighted by molar-refractivity contribution is 5.96. The molecule has 22 heavy (non-hydrogen) atoms. The van der Waals surface area contributed by atoms with Crippen molar-refractivity contribution in [1.29, 1.82) is 0 Å². The molecule has 1 N–H and O–H groups in total. The fourth-order valence-electron chi connectivity index (χ4n) is 2.81. The van der Waals surface area contributed by atoms with Crippen molar-refractivity contribution in [3.05, 3.63) is 47.4 Å². The Labute approximate surface area is 129 Å². The van der Waals surface area contributed by atoms with Crippen LogP contribution in [-0.4, -0.2) is 34.6 Å². The first-order valence-corrected chi connectivity index (χ1v) is 7.14. The van der Waals surface area contributed by atoms with E-state index >= 15 is 0 Å². The molecule has 6 nitrogen and oxygen atoms in total. The number of nitrogens with zero attached hydrogens (tertiary/aromatic N) is 4. The summed E-state index contributed by atoms with van der Waals surface area (Å²) >= 11 is 0. The Morgan fingerprint density at radius 2 is 1.95 bits per heavy atom. The van der Waals surface area contributed by atoms with Crippen molar-refractivity contribution in [1.82, 2.24) is 14.8 Å². The zero-order valence-corrected chi connectivity index (χ0v) is 13.2. The minimum atomic E-state index is -0.243. The molecule has 0 amide bonds. The summed E-state index contributed by atoms with van der Waals surface area (Å²) in [7, 11) is 4.00. The van der Waals surface area contributed by atoms with Crippen LogP contribution in [0.15, 0.2) is 41.9 Å². The van der Waals surface area contributed by atoms with Gasteiger partial charge in [-0.25, -0.2) is 4.68 Å². The van der Waals surface area contributed by atoms with Gasteiger partial charge in [0.1, 0.15) is 12.4 Å². The van der Waals surface area contributed by atoms with Crippen molar-refractivity contribution in [3.63, 3.8) is 0 Å². The van der Waals surface area contributed by atoms with E-state index in [4.69, 9.17) is 0 Å². The summed E-state index contributed by atoms with van der Waals surface area (Å²) in [6, 6.07) is 7.91. The number of carbonyl (C=O) groups excluding carboxylic acids is 1. The molecule has 1 aliphatic rings. The number of benzene rings is 1. The van der Waals surface area contributed by atoms with E-state index in [1.165, 1.54) is 6.33 Å². The SMILES string of the molecule is CC(=O)C1=C(C)Nc2ncnn2C1c1ccc(N(C)C)cc1. The maximum atomic E-state index is 12.1. The Kier molecular flexibility index (Phi) is 3.44. The first-order valence-electron chi connectivity index (χ1n) is 7.14. The zero-order chi connectivity index (χ0) is 15.9. The lowest BCUT2D eigenvalue weighted by Crippen LogP contribution is -2.27. The zero-order valence-electron chi connectivity index (χ0n) is 13.2. The first kappa shape index (κ1) is 14.3. The number of hydrogen-bond donors (Lipinski definition) is 1. The van der Waals surface area contributed by atoms with Gasteiger partial charge in [-0.1, -0.05) is 12.1 Å². The minimum absolute atomic E-state index is 0.0350. The summed E-state index contributed by atoms with van der Waals surface area (Å²) in [5.41, 5.74) is 3.68. The molecule has 1 aromatic heterocycles. The van der Waals surface area contributed by atoms with Crippen molar-refractivity contribution in [2.75, 3.05) is 24.3 Å².